The lowest BCUT2D eigenvalue weighted by Gasteiger charge is -2.03. The smallest absolute Gasteiger partial charge is 0.115 e. The fourth-order valence-electron chi connectivity index (χ4n) is 1.88. The van der Waals surface area contributed by atoms with Gasteiger partial charge in [0.1, 0.15) is 5.69 Å². The molecule has 4 nitrogen and oxygen atoms in total. The van der Waals surface area contributed by atoms with Gasteiger partial charge in [0.15, 0.2) is 0 Å². The fourth-order valence-corrected chi connectivity index (χ4v) is 1.88. The summed E-state index contributed by atoms with van der Waals surface area (Å²) in [5, 5.41) is 17.4. The van der Waals surface area contributed by atoms with E-state index in [4.69, 9.17) is 0 Å². The maximum absolute atomic E-state index is 9.33. The van der Waals surface area contributed by atoms with Crippen LogP contribution in [0.5, 0.6) is 0 Å². The lowest BCUT2D eigenvalue weighted by Crippen LogP contribution is -2.03. The third-order valence-electron chi connectivity index (χ3n) is 2.93. The molecule has 0 spiro atoms. The van der Waals surface area contributed by atoms with E-state index in [2.05, 4.69) is 48.1 Å². The van der Waals surface area contributed by atoms with Crippen LogP contribution in [0, 0.1) is 6.92 Å². The first kappa shape index (κ1) is 14.2. The minimum Gasteiger partial charge on any atom is -0.390 e. The molecule has 0 amide bonds. The highest BCUT2D eigenvalue weighted by Gasteiger charge is 2.09. The Labute approximate surface area is 119 Å². The van der Waals surface area contributed by atoms with Crippen LogP contribution >= 0.6 is 0 Å². The second kappa shape index (κ2) is 6.30. The zero-order valence-corrected chi connectivity index (χ0v) is 11.9. The summed E-state index contributed by atoms with van der Waals surface area (Å²) in [6.07, 6.45) is 3.92. The Kier molecular flexibility index (Phi) is 4.48. The Balaban J connectivity index is 2.28. The van der Waals surface area contributed by atoms with Crippen molar-refractivity contribution >= 4 is 12.2 Å². The van der Waals surface area contributed by atoms with Crippen molar-refractivity contribution in [1.82, 2.24) is 15.0 Å². The maximum Gasteiger partial charge on any atom is 0.115 e. The Morgan fingerprint density at radius 1 is 1.30 bits per heavy atom. The highest BCUT2D eigenvalue weighted by molar-refractivity contribution is 5.69. The number of aryl methyl sites for hydroxylation is 1. The molecule has 0 fully saturated rings. The van der Waals surface area contributed by atoms with Gasteiger partial charge in [-0.1, -0.05) is 53.3 Å². The SMILES string of the molecule is C=C(C)Cn1nnc(CO)c1/C=C/c1ccc(C)cc1. The minimum atomic E-state index is -0.121. The third kappa shape index (κ3) is 3.42. The van der Waals surface area contributed by atoms with Crippen molar-refractivity contribution in [3.05, 3.63) is 58.9 Å². The first-order chi connectivity index (χ1) is 9.60. The van der Waals surface area contributed by atoms with Crippen LogP contribution < -0.4 is 0 Å². The number of nitrogens with zero attached hydrogens (tertiary/aromatic N) is 3. The molecule has 0 bridgehead atoms. The topological polar surface area (TPSA) is 50.9 Å². The lowest BCUT2D eigenvalue weighted by atomic mass is 10.1. The Bertz CT molecular complexity index is 624. The monoisotopic (exact) mass is 269 g/mol. The molecule has 0 aliphatic heterocycles. The normalized spacial score (nSPS) is 11.2. The number of hydrogen-bond acceptors (Lipinski definition) is 3. The van der Waals surface area contributed by atoms with Crippen LogP contribution in [0.2, 0.25) is 0 Å². The second-order valence-corrected chi connectivity index (χ2v) is 4.94. The molecule has 0 unspecified atom stereocenters. The van der Waals surface area contributed by atoms with Gasteiger partial charge in [-0.25, -0.2) is 4.68 Å². The van der Waals surface area contributed by atoms with E-state index in [9.17, 15) is 5.11 Å². The second-order valence-electron chi connectivity index (χ2n) is 4.94. The lowest BCUT2D eigenvalue weighted by molar-refractivity contribution is 0.276. The van der Waals surface area contributed by atoms with Crippen LogP contribution in [0.15, 0.2) is 36.4 Å². The molecule has 4 heteroatoms. The standard InChI is InChI=1S/C16H19N3O/c1-12(2)10-19-16(15(11-20)17-18-19)9-8-14-6-4-13(3)5-7-14/h4-9,20H,1,10-11H2,2-3H3/b9-8+. The Morgan fingerprint density at radius 3 is 2.60 bits per heavy atom. The van der Waals surface area contributed by atoms with Crippen molar-refractivity contribution < 1.29 is 5.11 Å². The van der Waals surface area contributed by atoms with Gasteiger partial charge in [0.2, 0.25) is 0 Å². The number of hydrogen-bond donors (Lipinski definition) is 1. The summed E-state index contributed by atoms with van der Waals surface area (Å²) < 4.78 is 1.75. The largest absolute Gasteiger partial charge is 0.390 e. The van der Waals surface area contributed by atoms with Crippen LogP contribution in [0.1, 0.15) is 29.4 Å². The number of benzene rings is 1. The van der Waals surface area contributed by atoms with E-state index in [1.54, 1.807) is 4.68 Å². The molecule has 1 aromatic carbocycles. The molecule has 104 valence electrons. The fraction of sp³-hybridized carbons (Fsp3) is 0.250. The van der Waals surface area contributed by atoms with E-state index in [1.165, 1.54) is 5.56 Å². The van der Waals surface area contributed by atoms with E-state index in [1.807, 2.05) is 19.1 Å². The van der Waals surface area contributed by atoms with E-state index in [-0.39, 0.29) is 6.61 Å². The average molecular weight is 269 g/mol. The van der Waals surface area contributed by atoms with Gasteiger partial charge >= 0.3 is 0 Å². The molecule has 1 N–H and O–H groups in total. The third-order valence-corrected chi connectivity index (χ3v) is 2.93. The van der Waals surface area contributed by atoms with E-state index >= 15 is 0 Å². The molecule has 1 heterocycles. The summed E-state index contributed by atoms with van der Waals surface area (Å²) in [7, 11) is 0. The number of aliphatic hydroxyl groups excluding tert-OH is 1. The van der Waals surface area contributed by atoms with Crippen molar-refractivity contribution in [2.24, 2.45) is 0 Å². The van der Waals surface area contributed by atoms with Crippen LogP contribution in [0.25, 0.3) is 12.2 Å². The zero-order valence-electron chi connectivity index (χ0n) is 11.9. The molecule has 2 rings (SSSR count). The van der Waals surface area contributed by atoms with Gasteiger partial charge in [-0.3, -0.25) is 0 Å². The molecule has 0 radical (unpaired) electrons. The van der Waals surface area contributed by atoms with Gasteiger partial charge in [0, 0.05) is 0 Å². The first-order valence-electron chi connectivity index (χ1n) is 6.52. The highest BCUT2D eigenvalue weighted by Crippen LogP contribution is 2.13. The number of aliphatic hydroxyl groups is 1. The number of rotatable bonds is 5. The quantitative estimate of drug-likeness (QED) is 0.849. The van der Waals surface area contributed by atoms with Gasteiger partial charge in [0.25, 0.3) is 0 Å². The molecule has 0 saturated carbocycles. The van der Waals surface area contributed by atoms with Crippen LogP contribution in [-0.2, 0) is 13.2 Å². The molecule has 0 aliphatic carbocycles. The molecule has 20 heavy (non-hydrogen) atoms. The molecule has 1 aromatic heterocycles. The average Bonchev–Trinajstić information content (AvgIpc) is 2.79. The molecular weight excluding hydrogens is 250 g/mol. The molecule has 0 atom stereocenters. The van der Waals surface area contributed by atoms with E-state index in [0.717, 1.165) is 16.8 Å². The van der Waals surface area contributed by atoms with Gasteiger partial charge in [-0.2, -0.15) is 0 Å². The van der Waals surface area contributed by atoms with Crippen molar-refractivity contribution in [1.29, 1.82) is 0 Å². The van der Waals surface area contributed by atoms with Crippen LogP contribution in [0.4, 0.5) is 0 Å². The summed E-state index contributed by atoms with van der Waals surface area (Å²) >= 11 is 0. The molecule has 0 saturated heterocycles. The van der Waals surface area contributed by atoms with Gasteiger partial charge in [0.05, 0.1) is 18.8 Å². The van der Waals surface area contributed by atoms with Crippen LogP contribution in [-0.4, -0.2) is 20.1 Å². The minimum absolute atomic E-state index is 0.121. The summed E-state index contributed by atoms with van der Waals surface area (Å²) in [6, 6.07) is 8.24. The zero-order chi connectivity index (χ0) is 14.5. The number of allylic oxidation sites excluding steroid dienone is 1. The van der Waals surface area contributed by atoms with Crippen molar-refractivity contribution in [2.75, 3.05) is 0 Å². The number of aromatic nitrogens is 3. The summed E-state index contributed by atoms with van der Waals surface area (Å²) in [5.74, 6) is 0. The molecule has 2 aromatic rings. The Morgan fingerprint density at radius 2 is 2.00 bits per heavy atom. The molecule has 0 aliphatic rings. The predicted molar refractivity (Wildman–Crippen MR) is 80.9 cm³/mol. The van der Waals surface area contributed by atoms with Crippen molar-refractivity contribution in [3.63, 3.8) is 0 Å². The summed E-state index contributed by atoms with van der Waals surface area (Å²) in [6.45, 7) is 8.35. The van der Waals surface area contributed by atoms with E-state index < -0.39 is 0 Å². The summed E-state index contributed by atoms with van der Waals surface area (Å²) in [4.78, 5) is 0. The van der Waals surface area contributed by atoms with Crippen molar-refractivity contribution in [2.45, 2.75) is 27.0 Å². The van der Waals surface area contributed by atoms with Gasteiger partial charge in [-0.05, 0) is 25.5 Å². The van der Waals surface area contributed by atoms with Gasteiger partial charge < -0.3 is 5.11 Å². The highest BCUT2D eigenvalue weighted by atomic mass is 16.3. The Hall–Kier alpha value is -2.20. The van der Waals surface area contributed by atoms with Crippen LogP contribution in [0.3, 0.4) is 0 Å². The predicted octanol–water partition coefficient (Wildman–Crippen LogP) is 2.83. The summed E-state index contributed by atoms with van der Waals surface area (Å²) in [5.41, 5.74) is 4.71. The maximum atomic E-state index is 9.33. The first-order valence-corrected chi connectivity index (χ1v) is 6.52. The van der Waals surface area contributed by atoms with Crippen molar-refractivity contribution in [3.8, 4) is 0 Å². The molecular formula is C16H19N3O. The van der Waals surface area contributed by atoms with Gasteiger partial charge in [-0.15, -0.1) is 5.10 Å². The van der Waals surface area contributed by atoms with E-state index in [0.29, 0.717) is 12.2 Å².